The van der Waals surface area contributed by atoms with E-state index in [1.807, 2.05) is 0 Å². The fourth-order valence-electron chi connectivity index (χ4n) is 0.972. The Morgan fingerprint density at radius 3 is 3.00 bits per heavy atom. The van der Waals surface area contributed by atoms with Gasteiger partial charge < -0.3 is 5.32 Å². The van der Waals surface area contributed by atoms with E-state index in [9.17, 15) is 4.79 Å². The van der Waals surface area contributed by atoms with Crippen molar-refractivity contribution in [2.24, 2.45) is 4.99 Å². The highest BCUT2D eigenvalue weighted by Crippen LogP contribution is 2.09. The molecule has 0 amide bonds. The summed E-state index contributed by atoms with van der Waals surface area (Å²) in [6.45, 7) is 4.92. The molecule has 0 aliphatic carbocycles. The molecule has 0 saturated carbocycles. The summed E-state index contributed by atoms with van der Waals surface area (Å²) in [5.74, 6) is 0. The van der Waals surface area contributed by atoms with Crippen molar-refractivity contribution in [3.8, 4) is 0 Å². The van der Waals surface area contributed by atoms with Gasteiger partial charge in [0.2, 0.25) is 0 Å². The molecule has 3 heteroatoms. The molecule has 3 nitrogen and oxygen atoms in total. The zero-order valence-electron chi connectivity index (χ0n) is 5.76. The van der Waals surface area contributed by atoms with Gasteiger partial charge in [0.15, 0.2) is 0 Å². The highest BCUT2D eigenvalue weighted by Gasteiger charge is 2.08. The molecule has 1 N–H and O–H groups in total. The number of rotatable bonds is 2. The maximum Gasteiger partial charge on any atom is 0.147 e. The number of carbonyl (C=O) groups is 1. The Morgan fingerprint density at radius 2 is 2.50 bits per heavy atom. The van der Waals surface area contributed by atoms with Gasteiger partial charge in [-0.3, -0.25) is 9.79 Å². The van der Waals surface area contributed by atoms with Crippen molar-refractivity contribution in [2.45, 2.75) is 6.42 Å². The highest BCUT2D eigenvalue weighted by molar-refractivity contribution is 5.75. The van der Waals surface area contributed by atoms with Gasteiger partial charge in [-0.05, 0) is 19.7 Å². The quantitative estimate of drug-likeness (QED) is 0.435. The van der Waals surface area contributed by atoms with Gasteiger partial charge >= 0.3 is 0 Å². The molecule has 1 aliphatic rings. The van der Waals surface area contributed by atoms with Crippen LogP contribution in [0.2, 0.25) is 0 Å². The molecule has 0 bridgehead atoms. The van der Waals surface area contributed by atoms with Gasteiger partial charge in [-0.1, -0.05) is 0 Å². The van der Waals surface area contributed by atoms with Crippen LogP contribution in [0.1, 0.15) is 6.42 Å². The molecular weight excluding hydrogens is 128 g/mol. The number of aldehydes is 1. The lowest BCUT2D eigenvalue weighted by Crippen LogP contribution is -2.24. The standard InChI is InChI=1S/C7H10N2O/c1-8-7-4-9-3-2-6(7)5-10/h5,9H,1-4H2. The normalized spacial score (nSPS) is 18.8. The van der Waals surface area contributed by atoms with Gasteiger partial charge in [-0.25, -0.2) is 0 Å². The largest absolute Gasteiger partial charge is 0.311 e. The third-order valence-corrected chi connectivity index (χ3v) is 1.57. The van der Waals surface area contributed by atoms with Gasteiger partial charge in [-0.2, -0.15) is 0 Å². The van der Waals surface area contributed by atoms with Crippen LogP contribution in [0.15, 0.2) is 16.3 Å². The number of hydrogen-bond donors (Lipinski definition) is 1. The van der Waals surface area contributed by atoms with Crippen molar-refractivity contribution in [2.75, 3.05) is 13.1 Å². The molecule has 0 fully saturated rings. The number of aliphatic imine (C=N–C) groups is 1. The monoisotopic (exact) mass is 138 g/mol. The van der Waals surface area contributed by atoms with Crippen molar-refractivity contribution < 1.29 is 4.79 Å². The van der Waals surface area contributed by atoms with E-state index < -0.39 is 0 Å². The number of nitrogens with zero attached hydrogens (tertiary/aromatic N) is 1. The zero-order chi connectivity index (χ0) is 7.40. The van der Waals surface area contributed by atoms with E-state index in [2.05, 4.69) is 17.0 Å². The Balaban J connectivity index is 2.81. The summed E-state index contributed by atoms with van der Waals surface area (Å²) in [6.07, 6.45) is 1.64. The fraction of sp³-hybridized carbons (Fsp3) is 0.429. The predicted molar refractivity (Wildman–Crippen MR) is 40.1 cm³/mol. The van der Waals surface area contributed by atoms with Crippen molar-refractivity contribution in [1.82, 2.24) is 5.32 Å². The Hall–Kier alpha value is -0.960. The zero-order valence-corrected chi connectivity index (χ0v) is 5.76. The minimum absolute atomic E-state index is 0.678. The Labute approximate surface area is 59.8 Å². The molecule has 0 aromatic carbocycles. The molecule has 10 heavy (non-hydrogen) atoms. The first-order chi connectivity index (χ1) is 4.88. The third-order valence-electron chi connectivity index (χ3n) is 1.57. The molecule has 0 saturated heterocycles. The number of nitrogens with one attached hydrogen (secondary N) is 1. The lowest BCUT2D eigenvalue weighted by atomic mass is 10.1. The lowest BCUT2D eigenvalue weighted by Gasteiger charge is -2.13. The summed E-state index contributed by atoms with van der Waals surface area (Å²) in [5, 5.41) is 3.10. The Bertz CT molecular complexity index is 164. The van der Waals surface area contributed by atoms with Gasteiger partial charge in [-0.15, -0.1) is 0 Å². The van der Waals surface area contributed by atoms with Crippen LogP contribution in [0, 0.1) is 0 Å². The van der Waals surface area contributed by atoms with Crippen LogP contribution in [-0.2, 0) is 4.79 Å². The topological polar surface area (TPSA) is 41.5 Å². The van der Waals surface area contributed by atoms with Gasteiger partial charge in [0.25, 0.3) is 0 Å². The Morgan fingerprint density at radius 1 is 1.70 bits per heavy atom. The number of hydrogen-bond acceptors (Lipinski definition) is 3. The molecule has 0 unspecified atom stereocenters. The van der Waals surface area contributed by atoms with Crippen LogP contribution >= 0.6 is 0 Å². The molecule has 1 aliphatic heterocycles. The summed E-state index contributed by atoms with van der Waals surface area (Å²) in [6, 6.07) is 0. The number of carbonyl (C=O) groups excluding carboxylic acids is 1. The second kappa shape index (κ2) is 3.27. The smallest absolute Gasteiger partial charge is 0.147 e. The van der Waals surface area contributed by atoms with Crippen LogP contribution in [0.5, 0.6) is 0 Å². The van der Waals surface area contributed by atoms with Crippen molar-refractivity contribution in [3.63, 3.8) is 0 Å². The summed E-state index contributed by atoms with van der Waals surface area (Å²) >= 11 is 0. The van der Waals surface area contributed by atoms with E-state index in [1.54, 1.807) is 0 Å². The SMILES string of the molecule is C=NC1=C(C=O)CCNC1. The molecule has 0 spiro atoms. The third kappa shape index (κ3) is 1.30. The summed E-state index contributed by atoms with van der Waals surface area (Å²) in [7, 11) is 0. The molecule has 0 atom stereocenters. The van der Waals surface area contributed by atoms with E-state index in [0.29, 0.717) is 6.54 Å². The van der Waals surface area contributed by atoms with Crippen molar-refractivity contribution in [3.05, 3.63) is 11.3 Å². The molecule has 0 radical (unpaired) electrons. The average molecular weight is 138 g/mol. The van der Waals surface area contributed by atoms with E-state index in [-0.39, 0.29) is 0 Å². The highest BCUT2D eigenvalue weighted by atomic mass is 16.1. The van der Waals surface area contributed by atoms with Gasteiger partial charge in [0, 0.05) is 12.1 Å². The lowest BCUT2D eigenvalue weighted by molar-refractivity contribution is -0.105. The van der Waals surface area contributed by atoms with Crippen molar-refractivity contribution in [1.29, 1.82) is 0 Å². The minimum atomic E-state index is 0.678. The molecule has 0 aromatic rings. The van der Waals surface area contributed by atoms with Crippen molar-refractivity contribution >= 4 is 13.0 Å². The van der Waals surface area contributed by atoms with Gasteiger partial charge in [0.1, 0.15) is 6.29 Å². The second-order valence-corrected chi connectivity index (χ2v) is 2.17. The van der Waals surface area contributed by atoms with Gasteiger partial charge in [0.05, 0.1) is 5.70 Å². The minimum Gasteiger partial charge on any atom is -0.311 e. The molecular formula is C7H10N2O. The van der Waals surface area contributed by atoms with E-state index in [0.717, 1.165) is 30.5 Å². The fourth-order valence-corrected chi connectivity index (χ4v) is 0.972. The van der Waals surface area contributed by atoms with Crippen LogP contribution < -0.4 is 5.32 Å². The molecule has 0 aromatic heterocycles. The maximum atomic E-state index is 10.4. The molecule has 1 heterocycles. The van der Waals surface area contributed by atoms with Crippen LogP contribution in [-0.4, -0.2) is 26.1 Å². The predicted octanol–water partition coefficient (Wildman–Crippen LogP) is 0.133. The van der Waals surface area contributed by atoms with E-state index in [4.69, 9.17) is 0 Å². The summed E-state index contributed by atoms with van der Waals surface area (Å²) in [4.78, 5) is 14.1. The van der Waals surface area contributed by atoms with Crippen LogP contribution in [0.3, 0.4) is 0 Å². The van der Waals surface area contributed by atoms with E-state index in [1.165, 1.54) is 0 Å². The molecule has 54 valence electrons. The van der Waals surface area contributed by atoms with E-state index >= 15 is 0 Å². The Kier molecular flexibility index (Phi) is 2.34. The first-order valence-electron chi connectivity index (χ1n) is 3.23. The first-order valence-corrected chi connectivity index (χ1v) is 3.23. The summed E-state index contributed by atoms with van der Waals surface area (Å²) < 4.78 is 0. The molecule has 1 rings (SSSR count). The average Bonchev–Trinajstić information content (AvgIpc) is 2.04. The van der Waals surface area contributed by atoms with Crippen LogP contribution in [0.4, 0.5) is 0 Å². The maximum absolute atomic E-state index is 10.4. The first kappa shape index (κ1) is 7.15. The summed E-state index contributed by atoms with van der Waals surface area (Å²) in [5.41, 5.74) is 1.58. The van der Waals surface area contributed by atoms with Crippen LogP contribution in [0.25, 0.3) is 0 Å². The second-order valence-electron chi connectivity index (χ2n) is 2.17.